The minimum atomic E-state index is -4.41. The van der Waals surface area contributed by atoms with Crippen LogP contribution >= 0.6 is 0 Å². The lowest BCUT2D eigenvalue weighted by atomic mass is 9.89. The van der Waals surface area contributed by atoms with E-state index >= 15 is 0 Å². The van der Waals surface area contributed by atoms with Gasteiger partial charge in [0.15, 0.2) is 0 Å². The zero-order chi connectivity index (χ0) is 26.6. The number of fused-ring (bicyclic) bond motifs is 1. The molecular weight excluding hydrogens is 501 g/mol. The van der Waals surface area contributed by atoms with E-state index in [1.54, 1.807) is 12.1 Å². The van der Waals surface area contributed by atoms with Gasteiger partial charge in [0.1, 0.15) is 17.9 Å². The van der Waals surface area contributed by atoms with Crippen LogP contribution in [-0.4, -0.2) is 63.8 Å². The summed E-state index contributed by atoms with van der Waals surface area (Å²) in [5, 5.41) is 2.31. The third-order valence-corrected chi connectivity index (χ3v) is 8.14. The molecule has 1 unspecified atom stereocenters. The number of carbonyl (C=O) groups excluding carboxylic acids is 3. The second-order valence-corrected chi connectivity index (χ2v) is 10.5. The van der Waals surface area contributed by atoms with Crippen molar-refractivity contribution in [2.75, 3.05) is 13.1 Å². The molecule has 2 saturated heterocycles. The average molecular weight is 529 g/mol. The predicted molar refractivity (Wildman–Crippen MR) is 128 cm³/mol. The maximum Gasteiger partial charge on any atom is 0.417 e. The first-order chi connectivity index (χ1) is 18.2. The Labute approximate surface area is 217 Å². The van der Waals surface area contributed by atoms with Gasteiger partial charge in [-0.05, 0) is 61.1 Å². The maximum absolute atomic E-state index is 13.1. The van der Waals surface area contributed by atoms with Crippen LogP contribution in [0.2, 0.25) is 0 Å². The Balaban J connectivity index is 1.09. The van der Waals surface area contributed by atoms with E-state index in [2.05, 4.69) is 15.2 Å². The van der Waals surface area contributed by atoms with E-state index in [0.29, 0.717) is 36.4 Å². The van der Waals surface area contributed by atoms with Crippen molar-refractivity contribution in [2.45, 2.75) is 68.9 Å². The number of pyridine rings is 1. The number of piperidine rings is 1. The topological polar surface area (TPSA) is 91.8 Å². The second kappa shape index (κ2) is 9.37. The zero-order valence-corrected chi connectivity index (χ0v) is 20.5. The summed E-state index contributed by atoms with van der Waals surface area (Å²) in [6, 6.07) is 6.04. The number of carbonyl (C=O) groups is 3. The van der Waals surface area contributed by atoms with Crippen LogP contribution in [-0.2, 0) is 22.3 Å². The van der Waals surface area contributed by atoms with Crippen LogP contribution in [0.15, 0.2) is 36.7 Å². The SMILES string of the molecule is O=C1CCC(N2Cc3cc(O[C@@H]4CCC[C@H]4N4CC(c5cncc(C(F)(F)F)c5)C4)ccc3C2=O)C(=O)N1. The molecule has 3 aliphatic heterocycles. The summed E-state index contributed by atoms with van der Waals surface area (Å²) in [6.45, 7) is 1.60. The van der Waals surface area contributed by atoms with Gasteiger partial charge >= 0.3 is 6.18 Å². The number of aromatic nitrogens is 1. The van der Waals surface area contributed by atoms with Gasteiger partial charge in [-0.15, -0.1) is 0 Å². The monoisotopic (exact) mass is 528 g/mol. The number of halogens is 3. The van der Waals surface area contributed by atoms with Crippen molar-refractivity contribution in [3.05, 3.63) is 58.9 Å². The predicted octanol–water partition coefficient (Wildman–Crippen LogP) is 3.26. The minimum Gasteiger partial charge on any atom is -0.489 e. The highest BCUT2D eigenvalue weighted by molar-refractivity contribution is 6.05. The average Bonchev–Trinajstić information content (AvgIpc) is 3.42. The van der Waals surface area contributed by atoms with Crippen molar-refractivity contribution >= 4 is 17.7 Å². The van der Waals surface area contributed by atoms with Gasteiger partial charge in [-0.1, -0.05) is 0 Å². The lowest BCUT2D eigenvalue weighted by Crippen LogP contribution is -2.54. The van der Waals surface area contributed by atoms with E-state index in [9.17, 15) is 27.6 Å². The van der Waals surface area contributed by atoms with Crippen LogP contribution in [0.25, 0.3) is 0 Å². The molecule has 1 aromatic heterocycles. The van der Waals surface area contributed by atoms with Gasteiger partial charge in [-0.2, -0.15) is 13.2 Å². The Hall–Kier alpha value is -3.47. The second-order valence-electron chi connectivity index (χ2n) is 10.5. The van der Waals surface area contributed by atoms with Crippen LogP contribution in [0, 0.1) is 0 Å². The third kappa shape index (κ3) is 4.53. The number of benzene rings is 1. The van der Waals surface area contributed by atoms with E-state index in [1.165, 1.54) is 17.2 Å². The van der Waals surface area contributed by atoms with Crippen molar-refractivity contribution < 1.29 is 32.3 Å². The molecule has 11 heteroatoms. The van der Waals surface area contributed by atoms with Gasteiger partial charge in [0.25, 0.3) is 5.91 Å². The first kappa shape index (κ1) is 24.8. The molecule has 38 heavy (non-hydrogen) atoms. The van der Waals surface area contributed by atoms with Crippen LogP contribution in [0.4, 0.5) is 13.2 Å². The number of nitrogens with zero attached hydrogens (tertiary/aromatic N) is 3. The highest BCUT2D eigenvalue weighted by atomic mass is 19.4. The molecule has 1 saturated carbocycles. The molecule has 0 bridgehead atoms. The molecule has 3 fully saturated rings. The lowest BCUT2D eigenvalue weighted by molar-refractivity contribution is -0.138. The van der Waals surface area contributed by atoms with Crippen molar-refractivity contribution in [3.8, 4) is 5.75 Å². The number of rotatable bonds is 5. The fourth-order valence-electron chi connectivity index (χ4n) is 6.09. The standard InChI is InChI=1S/C27H27F3N4O4/c28-27(29,30)18-8-15(10-31-11-18)17-12-33(13-17)21-2-1-3-23(21)38-19-4-5-20-16(9-19)14-34(26(20)37)22-6-7-24(35)32-25(22)36/h4-5,8-11,17,21-23H,1-3,6-7,12-14H2,(H,32,35,36)/t21-,22?,23-/m1/s1. The summed E-state index contributed by atoms with van der Waals surface area (Å²) >= 11 is 0. The molecule has 1 N–H and O–H groups in total. The Kier molecular flexibility index (Phi) is 6.13. The fraction of sp³-hybridized carbons (Fsp3) is 0.481. The number of alkyl halides is 3. The molecule has 4 aliphatic rings. The van der Waals surface area contributed by atoms with Crippen LogP contribution in [0.5, 0.6) is 5.75 Å². The van der Waals surface area contributed by atoms with E-state index in [1.807, 2.05) is 6.07 Å². The van der Waals surface area contributed by atoms with E-state index in [0.717, 1.165) is 31.0 Å². The van der Waals surface area contributed by atoms with Crippen LogP contribution in [0.1, 0.15) is 65.1 Å². The van der Waals surface area contributed by atoms with Crippen LogP contribution < -0.4 is 10.1 Å². The number of nitrogens with one attached hydrogen (secondary N) is 1. The Morgan fingerprint density at radius 1 is 1.03 bits per heavy atom. The highest BCUT2D eigenvalue weighted by Gasteiger charge is 2.42. The van der Waals surface area contributed by atoms with Crippen molar-refractivity contribution in [2.24, 2.45) is 0 Å². The van der Waals surface area contributed by atoms with Gasteiger partial charge in [0.2, 0.25) is 11.8 Å². The first-order valence-corrected chi connectivity index (χ1v) is 12.9. The Bertz CT molecular complexity index is 1290. The van der Waals surface area contributed by atoms with Crippen molar-refractivity contribution in [3.63, 3.8) is 0 Å². The molecule has 3 atom stereocenters. The molecule has 0 spiro atoms. The van der Waals surface area contributed by atoms with Gasteiger partial charge in [-0.3, -0.25) is 29.6 Å². The quantitative estimate of drug-likeness (QED) is 0.600. The van der Waals surface area contributed by atoms with E-state index in [-0.39, 0.29) is 42.8 Å². The third-order valence-electron chi connectivity index (χ3n) is 8.14. The van der Waals surface area contributed by atoms with E-state index in [4.69, 9.17) is 4.74 Å². The number of imide groups is 1. The summed E-state index contributed by atoms with van der Waals surface area (Å²) in [6.07, 6.45) is 1.24. The molecule has 2 aromatic rings. The number of hydrogen-bond acceptors (Lipinski definition) is 6. The molecule has 0 radical (unpaired) electrons. The zero-order valence-electron chi connectivity index (χ0n) is 20.5. The first-order valence-electron chi connectivity index (χ1n) is 12.9. The van der Waals surface area contributed by atoms with Crippen molar-refractivity contribution in [1.82, 2.24) is 20.1 Å². The number of likely N-dealkylation sites (tertiary alicyclic amines) is 1. The summed E-state index contributed by atoms with van der Waals surface area (Å²) < 4.78 is 45.6. The molecular formula is C27H27F3N4O4. The lowest BCUT2D eigenvalue weighted by Gasteiger charge is -2.45. The molecule has 3 amide bonds. The molecule has 8 nitrogen and oxygen atoms in total. The Morgan fingerprint density at radius 2 is 1.84 bits per heavy atom. The summed E-state index contributed by atoms with van der Waals surface area (Å²) in [5.41, 5.74) is 1.20. The van der Waals surface area contributed by atoms with Crippen LogP contribution in [0.3, 0.4) is 0 Å². The molecule has 200 valence electrons. The normalized spacial score (nSPS) is 26.3. The number of ether oxygens (including phenoxy) is 1. The number of amides is 3. The van der Waals surface area contributed by atoms with Crippen molar-refractivity contribution in [1.29, 1.82) is 0 Å². The molecule has 6 rings (SSSR count). The van der Waals surface area contributed by atoms with Gasteiger partial charge in [-0.25, -0.2) is 0 Å². The smallest absolute Gasteiger partial charge is 0.417 e. The highest BCUT2D eigenvalue weighted by Crippen LogP contribution is 2.38. The minimum absolute atomic E-state index is 0.00956. The maximum atomic E-state index is 13.1. The number of hydrogen-bond donors (Lipinski definition) is 1. The summed E-state index contributed by atoms with van der Waals surface area (Å²) in [5.74, 6) is -0.331. The summed E-state index contributed by atoms with van der Waals surface area (Å²) in [7, 11) is 0. The summed E-state index contributed by atoms with van der Waals surface area (Å²) in [4.78, 5) is 44.3. The van der Waals surface area contributed by atoms with Gasteiger partial charge < -0.3 is 9.64 Å². The Morgan fingerprint density at radius 3 is 2.61 bits per heavy atom. The van der Waals surface area contributed by atoms with E-state index < -0.39 is 23.7 Å². The molecule has 4 heterocycles. The van der Waals surface area contributed by atoms with Gasteiger partial charge in [0, 0.05) is 56.0 Å². The molecule has 1 aliphatic carbocycles. The fourth-order valence-corrected chi connectivity index (χ4v) is 6.09. The van der Waals surface area contributed by atoms with Gasteiger partial charge in [0.05, 0.1) is 5.56 Å². The largest absolute Gasteiger partial charge is 0.489 e. The molecule has 1 aromatic carbocycles.